The van der Waals surface area contributed by atoms with E-state index in [2.05, 4.69) is 240 Å². The van der Waals surface area contributed by atoms with Gasteiger partial charge in [-0.25, -0.2) is 0 Å². The van der Waals surface area contributed by atoms with E-state index in [4.69, 9.17) is 4.42 Å². The molecule has 0 unspecified atom stereocenters. The van der Waals surface area contributed by atoms with E-state index in [1.807, 2.05) is 12.1 Å². The molecule has 0 spiro atoms. The fourth-order valence-electron chi connectivity index (χ4n) is 9.37. The maximum absolute atomic E-state index is 6.24. The second-order valence-electron chi connectivity index (χ2n) is 16.1. The second-order valence-corrected chi connectivity index (χ2v) is 16.1. The van der Waals surface area contributed by atoms with Gasteiger partial charge >= 0.3 is 0 Å². The van der Waals surface area contributed by atoms with Crippen LogP contribution in [0.15, 0.2) is 247 Å². The smallest absolute Gasteiger partial charge is 0.136 e. The Morgan fingerprint density at radius 2 is 0.794 bits per heavy atom. The molecule has 0 saturated heterocycles. The van der Waals surface area contributed by atoms with Crippen LogP contribution >= 0.6 is 0 Å². The molecule has 2 heterocycles. The standard InChI is InChI=1S/C60H40N2O/c1-2-14-43(15-3-1)51-20-4-8-24-56(51)61(48-33-28-41(29-34-48)44-16-12-17-45(38-44)47-32-37-55-54-23-7-11-27-59(54)63-60(55)40-47)49-35-30-42(31-36-49)46-18-13-19-50(39-46)62-57-25-9-5-21-52(57)53-22-6-10-26-58(53)62/h1-40H. The number of anilines is 3. The number of furan rings is 1. The molecule has 0 saturated carbocycles. The molecule has 10 aromatic carbocycles. The molecular formula is C60H40N2O. The van der Waals surface area contributed by atoms with Gasteiger partial charge in [0, 0.05) is 44.2 Å². The largest absolute Gasteiger partial charge is 0.456 e. The summed E-state index contributed by atoms with van der Waals surface area (Å²) < 4.78 is 8.62. The topological polar surface area (TPSA) is 21.3 Å². The molecule has 0 aliphatic carbocycles. The SMILES string of the molecule is c1ccc(-c2ccccc2N(c2ccc(-c3cccc(-c4ccc5c(c4)oc4ccccc45)c3)cc2)c2ccc(-c3cccc(-n4c5ccccc5c5ccccc54)c3)cc2)cc1. The van der Waals surface area contributed by atoms with E-state index in [0.717, 1.165) is 72.5 Å². The molecule has 0 N–H and O–H groups in total. The highest BCUT2D eigenvalue weighted by atomic mass is 16.3. The number of nitrogens with zero attached hydrogens (tertiary/aromatic N) is 2. The molecule has 0 radical (unpaired) electrons. The van der Waals surface area contributed by atoms with Crippen molar-refractivity contribution >= 4 is 60.8 Å². The van der Waals surface area contributed by atoms with Gasteiger partial charge in [-0.2, -0.15) is 0 Å². The molecule has 0 amide bonds. The highest BCUT2D eigenvalue weighted by Gasteiger charge is 2.18. The van der Waals surface area contributed by atoms with Gasteiger partial charge < -0.3 is 13.9 Å². The number of aromatic nitrogens is 1. The van der Waals surface area contributed by atoms with E-state index in [9.17, 15) is 0 Å². The molecule has 12 aromatic rings. The van der Waals surface area contributed by atoms with Crippen LogP contribution in [0.25, 0.3) is 93.9 Å². The van der Waals surface area contributed by atoms with Crippen molar-refractivity contribution in [1.82, 2.24) is 4.57 Å². The highest BCUT2D eigenvalue weighted by molar-refractivity contribution is 6.09. The summed E-state index contributed by atoms with van der Waals surface area (Å²) in [6, 6.07) is 87.1. The average Bonchev–Trinajstić information content (AvgIpc) is 3.91. The van der Waals surface area contributed by atoms with Crippen LogP contribution in [0.4, 0.5) is 17.1 Å². The van der Waals surface area contributed by atoms with Crippen LogP contribution in [-0.2, 0) is 0 Å². The van der Waals surface area contributed by atoms with Gasteiger partial charge in [0.05, 0.1) is 16.7 Å². The van der Waals surface area contributed by atoms with Crippen molar-refractivity contribution in [1.29, 1.82) is 0 Å². The van der Waals surface area contributed by atoms with Gasteiger partial charge in [-0.1, -0.05) is 164 Å². The lowest BCUT2D eigenvalue weighted by molar-refractivity contribution is 0.669. The number of fused-ring (bicyclic) bond motifs is 6. The third kappa shape index (κ3) is 6.46. The molecule has 0 atom stereocenters. The third-order valence-corrected chi connectivity index (χ3v) is 12.4. The van der Waals surface area contributed by atoms with Crippen molar-refractivity contribution in [2.24, 2.45) is 0 Å². The Morgan fingerprint density at radius 1 is 0.302 bits per heavy atom. The summed E-state index contributed by atoms with van der Waals surface area (Å²) in [5.74, 6) is 0. The summed E-state index contributed by atoms with van der Waals surface area (Å²) in [5, 5.41) is 4.81. The number of hydrogen-bond acceptors (Lipinski definition) is 2. The van der Waals surface area contributed by atoms with E-state index in [0.29, 0.717) is 0 Å². The van der Waals surface area contributed by atoms with Crippen molar-refractivity contribution in [2.45, 2.75) is 0 Å². The Labute approximate surface area is 366 Å². The molecule has 296 valence electrons. The fraction of sp³-hybridized carbons (Fsp3) is 0. The highest BCUT2D eigenvalue weighted by Crippen LogP contribution is 2.43. The predicted octanol–water partition coefficient (Wildman–Crippen LogP) is 16.8. The van der Waals surface area contributed by atoms with E-state index in [-0.39, 0.29) is 0 Å². The predicted molar refractivity (Wildman–Crippen MR) is 264 cm³/mol. The summed E-state index contributed by atoms with van der Waals surface area (Å²) in [5.41, 5.74) is 17.9. The number of hydrogen-bond donors (Lipinski definition) is 0. The first-order chi connectivity index (χ1) is 31.2. The summed E-state index contributed by atoms with van der Waals surface area (Å²) in [4.78, 5) is 2.38. The van der Waals surface area contributed by atoms with E-state index >= 15 is 0 Å². The minimum atomic E-state index is 0.903. The van der Waals surface area contributed by atoms with Gasteiger partial charge in [0.25, 0.3) is 0 Å². The van der Waals surface area contributed by atoms with E-state index in [1.54, 1.807) is 0 Å². The Morgan fingerprint density at radius 3 is 1.49 bits per heavy atom. The van der Waals surface area contributed by atoms with Crippen LogP contribution in [-0.4, -0.2) is 4.57 Å². The molecule has 0 aliphatic rings. The average molecular weight is 805 g/mol. The number of rotatable bonds is 8. The van der Waals surface area contributed by atoms with Gasteiger partial charge in [-0.05, 0) is 118 Å². The number of benzene rings is 10. The first-order valence-corrected chi connectivity index (χ1v) is 21.5. The van der Waals surface area contributed by atoms with Gasteiger partial charge in [0.2, 0.25) is 0 Å². The minimum Gasteiger partial charge on any atom is -0.456 e. The maximum Gasteiger partial charge on any atom is 0.136 e. The van der Waals surface area contributed by atoms with Crippen LogP contribution in [0, 0.1) is 0 Å². The minimum absolute atomic E-state index is 0.903. The normalized spacial score (nSPS) is 11.5. The lowest BCUT2D eigenvalue weighted by Crippen LogP contribution is -2.11. The van der Waals surface area contributed by atoms with Crippen LogP contribution in [0.2, 0.25) is 0 Å². The molecule has 0 aliphatic heterocycles. The summed E-state index contributed by atoms with van der Waals surface area (Å²) >= 11 is 0. The van der Waals surface area contributed by atoms with Crippen LogP contribution in [0.5, 0.6) is 0 Å². The molecule has 0 fully saturated rings. The Bertz CT molecular complexity index is 3560. The molecule has 63 heavy (non-hydrogen) atoms. The van der Waals surface area contributed by atoms with Gasteiger partial charge in [-0.3, -0.25) is 0 Å². The van der Waals surface area contributed by atoms with Gasteiger partial charge in [0.15, 0.2) is 0 Å². The maximum atomic E-state index is 6.24. The van der Waals surface area contributed by atoms with Crippen LogP contribution in [0.3, 0.4) is 0 Å². The lowest BCUT2D eigenvalue weighted by Gasteiger charge is -2.28. The molecule has 2 aromatic heterocycles. The third-order valence-electron chi connectivity index (χ3n) is 12.4. The first kappa shape index (κ1) is 36.5. The lowest BCUT2D eigenvalue weighted by atomic mass is 9.97. The van der Waals surface area contributed by atoms with E-state index < -0.39 is 0 Å². The van der Waals surface area contributed by atoms with Gasteiger partial charge in [0.1, 0.15) is 11.2 Å². The van der Waals surface area contributed by atoms with Crippen LogP contribution < -0.4 is 4.90 Å². The summed E-state index contributed by atoms with van der Waals surface area (Å²) in [7, 11) is 0. The van der Waals surface area contributed by atoms with Crippen molar-refractivity contribution in [2.75, 3.05) is 4.90 Å². The van der Waals surface area contributed by atoms with E-state index in [1.165, 1.54) is 38.5 Å². The Kier molecular flexibility index (Phi) is 8.83. The Hall–Kier alpha value is -8.40. The second kappa shape index (κ2) is 15.3. The van der Waals surface area contributed by atoms with Crippen molar-refractivity contribution in [3.63, 3.8) is 0 Å². The molecular weight excluding hydrogens is 765 g/mol. The first-order valence-electron chi connectivity index (χ1n) is 21.5. The van der Waals surface area contributed by atoms with Crippen molar-refractivity contribution in [3.05, 3.63) is 243 Å². The van der Waals surface area contributed by atoms with Gasteiger partial charge in [-0.15, -0.1) is 0 Å². The molecule has 3 nitrogen and oxygen atoms in total. The van der Waals surface area contributed by atoms with Crippen LogP contribution in [0.1, 0.15) is 0 Å². The molecule has 12 rings (SSSR count). The zero-order valence-corrected chi connectivity index (χ0v) is 34.4. The van der Waals surface area contributed by atoms with Crippen molar-refractivity contribution < 1.29 is 4.42 Å². The summed E-state index contributed by atoms with van der Waals surface area (Å²) in [6.45, 7) is 0. The quantitative estimate of drug-likeness (QED) is 0.153. The summed E-state index contributed by atoms with van der Waals surface area (Å²) in [6.07, 6.45) is 0. The Balaban J connectivity index is 0.908. The molecule has 3 heteroatoms. The number of para-hydroxylation sites is 4. The monoisotopic (exact) mass is 804 g/mol. The molecule has 0 bridgehead atoms. The van der Waals surface area contributed by atoms with Crippen molar-refractivity contribution in [3.8, 4) is 50.2 Å². The fourth-order valence-corrected chi connectivity index (χ4v) is 9.37. The zero-order valence-electron chi connectivity index (χ0n) is 34.4. The zero-order chi connectivity index (χ0) is 41.7.